The van der Waals surface area contributed by atoms with Crippen molar-refractivity contribution in [3.63, 3.8) is 0 Å². The Morgan fingerprint density at radius 3 is 3.12 bits per heavy atom. The lowest BCUT2D eigenvalue weighted by Crippen LogP contribution is -2.69. The van der Waals surface area contributed by atoms with Crippen LogP contribution in [-0.2, 0) is 10.5 Å². The van der Waals surface area contributed by atoms with Crippen molar-refractivity contribution in [2.75, 3.05) is 5.75 Å². The Hall–Kier alpha value is -1.53. The second-order valence-corrected chi connectivity index (χ2v) is 4.76. The highest BCUT2D eigenvalue weighted by molar-refractivity contribution is 7.98. The van der Waals surface area contributed by atoms with Gasteiger partial charge in [0, 0.05) is 18.1 Å². The van der Waals surface area contributed by atoms with E-state index in [1.54, 1.807) is 0 Å². The SMILES string of the molecule is [NH3+][C@@H](CSCc1cn2ccccc2n1)C(=O)[O-]. The number of imidazole rings is 1. The fourth-order valence-electron chi connectivity index (χ4n) is 1.43. The van der Waals surface area contributed by atoms with Crippen LogP contribution < -0.4 is 10.8 Å². The zero-order valence-corrected chi connectivity index (χ0v) is 10.0. The Morgan fingerprint density at radius 1 is 1.59 bits per heavy atom. The number of aromatic nitrogens is 2. The summed E-state index contributed by atoms with van der Waals surface area (Å²) in [5, 5.41) is 10.5. The molecule has 17 heavy (non-hydrogen) atoms. The molecule has 3 N–H and O–H groups in total. The molecule has 2 aromatic heterocycles. The molecule has 0 unspecified atom stereocenters. The Morgan fingerprint density at radius 2 is 2.41 bits per heavy atom. The van der Waals surface area contributed by atoms with Gasteiger partial charge in [0.2, 0.25) is 0 Å². The molecule has 0 amide bonds. The average Bonchev–Trinajstić information content (AvgIpc) is 2.71. The molecule has 0 aliphatic carbocycles. The maximum absolute atomic E-state index is 10.5. The van der Waals surface area contributed by atoms with E-state index >= 15 is 0 Å². The fraction of sp³-hybridized carbons (Fsp3) is 0.273. The molecule has 0 spiro atoms. The van der Waals surface area contributed by atoms with Crippen molar-refractivity contribution in [2.24, 2.45) is 0 Å². The third-order valence-corrected chi connectivity index (χ3v) is 3.45. The minimum absolute atomic E-state index is 0.441. The molecule has 0 aromatic carbocycles. The Kier molecular flexibility index (Phi) is 3.65. The highest BCUT2D eigenvalue weighted by Gasteiger charge is 2.08. The largest absolute Gasteiger partial charge is 0.544 e. The van der Waals surface area contributed by atoms with Crippen molar-refractivity contribution in [3.05, 3.63) is 36.3 Å². The number of nitrogens with zero attached hydrogens (tertiary/aromatic N) is 2. The predicted molar refractivity (Wildman–Crippen MR) is 63.0 cm³/mol. The lowest BCUT2D eigenvalue weighted by molar-refractivity contribution is -0.431. The first-order valence-corrected chi connectivity index (χ1v) is 6.36. The van der Waals surface area contributed by atoms with Gasteiger partial charge in [-0.1, -0.05) is 6.07 Å². The van der Waals surface area contributed by atoms with Crippen LogP contribution in [0.25, 0.3) is 5.65 Å². The molecule has 0 aliphatic rings. The van der Waals surface area contributed by atoms with Gasteiger partial charge in [0.25, 0.3) is 0 Å². The molecule has 2 rings (SSSR count). The first kappa shape index (κ1) is 11.9. The molecule has 0 aliphatic heterocycles. The third kappa shape index (κ3) is 2.98. The van der Waals surface area contributed by atoms with Crippen LogP contribution in [-0.4, -0.2) is 27.1 Å². The number of hydrogen-bond acceptors (Lipinski definition) is 4. The number of rotatable bonds is 5. The topological polar surface area (TPSA) is 85.1 Å². The second kappa shape index (κ2) is 5.20. The van der Waals surface area contributed by atoms with Crippen LogP contribution in [0.1, 0.15) is 5.69 Å². The van der Waals surface area contributed by atoms with E-state index in [4.69, 9.17) is 0 Å². The van der Waals surface area contributed by atoms with Crippen molar-refractivity contribution >= 4 is 23.4 Å². The molecule has 0 saturated heterocycles. The minimum Gasteiger partial charge on any atom is -0.544 e. The van der Waals surface area contributed by atoms with Gasteiger partial charge in [-0.05, 0) is 12.1 Å². The number of aliphatic carboxylic acids is 1. The number of quaternary nitrogens is 1. The van der Waals surface area contributed by atoms with E-state index in [0.29, 0.717) is 11.5 Å². The lowest BCUT2D eigenvalue weighted by Gasteiger charge is -2.07. The van der Waals surface area contributed by atoms with Gasteiger partial charge < -0.3 is 20.0 Å². The summed E-state index contributed by atoms with van der Waals surface area (Å²) < 4.78 is 1.94. The summed E-state index contributed by atoms with van der Waals surface area (Å²) in [6.45, 7) is 0. The molecule has 0 radical (unpaired) electrons. The highest BCUT2D eigenvalue weighted by Crippen LogP contribution is 2.12. The summed E-state index contributed by atoms with van der Waals surface area (Å²) in [5.41, 5.74) is 5.34. The van der Waals surface area contributed by atoms with Gasteiger partial charge in [-0.3, -0.25) is 0 Å². The number of fused-ring (bicyclic) bond motifs is 1. The highest BCUT2D eigenvalue weighted by atomic mass is 32.2. The van der Waals surface area contributed by atoms with Crippen LogP contribution >= 0.6 is 11.8 Å². The number of hydrogen-bond donors (Lipinski definition) is 1. The van der Waals surface area contributed by atoms with E-state index in [-0.39, 0.29) is 0 Å². The van der Waals surface area contributed by atoms with E-state index in [0.717, 1.165) is 11.3 Å². The van der Waals surface area contributed by atoms with Crippen LogP contribution in [0, 0.1) is 0 Å². The molecular formula is C11H13N3O2S. The van der Waals surface area contributed by atoms with Crippen LogP contribution in [0.15, 0.2) is 30.6 Å². The average molecular weight is 251 g/mol. The summed E-state index contributed by atoms with van der Waals surface area (Å²) in [6.07, 6.45) is 3.88. The molecule has 0 saturated carbocycles. The number of carbonyl (C=O) groups excluding carboxylic acids is 1. The number of carboxylic acid groups (broad SMARTS) is 1. The van der Waals surface area contributed by atoms with Crippen molar-refractivity contribution in [3.8, 4) is 0 Å². The first-order chi connectivity index (χ1) is 8.16. The Balaban J connectivity index is 1.93. The van der Waals surface area contributed by atoms with Crippen LogP contribution in [0.5, 0.6) is 0 Å². The van der Waals surface area contributed by atoms with Crippen molar-refractivity contribution in [2.45, 2.75) is 11.8 Å². The van der Waals surface area contributed by atoms with Crippen LogP contribution in [0.4, 0.5) is 0 Å². The van der Waals surface area contributed by atoms with Gasteiger partial charge in [-0.15, -0.1) is 11.8 Å². The quantitative estimate of drug-likeness (QED) is 0.733. The van der Waals surface area contributed by atoms with Gasteiger partial charge in [-0.2, -0.15) is 0 Å². The summed E-state index contributed by atoms with van der Waals surface area (Å²) in [4.78, 5) is 14.9. The normalized spacial score (nSPS) is 12.8. The van der Waals surface area contributed by atoms with Crippen LogP contribution in [0.3, 0.4) is 0 Å². The smallest absolute Gasteiger partial charge is 0.137 e. The monoisotopic (exact) mass is 251 g/mol. The van der Waals surface area contributed by atoms with E-state index in [1.807, 2.05) is 35.0 Å². The predicted octanol–water partition coefficient (Wildman–Crippen LogP) is -1.07. The standard InChI is InChI=1S/C11H13N3O2S/c12-9(11(15)16)7-17-6-8-5-14-4-2-1-3-10(14)13-8/h1-5,9H,6-7,12H2,(H,15,16)/t9-/m0/s1. The molecule has 5 nitrogen and oxygen atoms in total. The summed E-state index contributed by atoms with van der Waals surface area (Å²) in [6, 6.07) is 5.13. The number of thioether (sulfide) groups is 1. The number of carboxylic acids is 1. The van der Waals surface area contributed by atoms with Gasteiger partial charge in [0.15, 0.2) is 0 Å². The van der Waals surface area contributed by atoms with Crippen molar-refractivity contribution in [1.29, 1.82) is 0 Å². The molecule has 90 valence electrons. The van der Waals surface area contributed by atoms with E-state index in [1.165, 1.54) is 11.8 Å². The third-order valence-electron chi connectivity index (χ3n) is 2.32. The molecule has 0 bridgehead atoms. The first-order valence-electron chi connectivity index (χ1n) is 5.21. The molecule has 1 atom stereocenters. The van der Waals surface area contributed by atoms with E-state index < -0.39 is 12.0 Å². The van der Waals surface area contributed by atoms with Crippen molar-refractivity contribution < 1.29 is 15.6 Å². The molecular weight excluding hydrogens is 238 g/mol. The fourth-order valence-corrected chi connectivity index (χ4v) is 2.32. The van der Waals surface area contributed by atoms with Gasteiger partial charge >= 0.3 is 0 Å². The van der Waals surface area contributed by atoms with E-state index in [9.17, 15) is 9.90 Å². The zero-order valence-electron chi connectivity index (χ0n) is 9.20. The zero-order chi connectivity index (χ0) is 12.3. The Labute approximate surface area is 103 Å². The maximum Gasteiger partial charge on any atom is 0.137 e. The summed E-state index contributed by atoms with van der Waals surface area (Å²) >= 11 is 1.50. The molecule has 6 heteroatoms. The summed E-state index contributed by atoms with van der Waals surface area (Å²) in [5.74, 6) is 0.0180. The van der Waals surface area contributed by atoms with Crippen LogP contribution in [0.2, 0.25) is 0 Å². The van der Waals surface area contributed by atoms with Gasteiger partial charge in [0.1, 0.15) is 11.7 Å². The second-order valence-electron chi connectivity index (χ2n) is 3.73. The minimum atomic E-state index is -1.10. The van der Waals surface area contributed by atoms with Gasteiger partial charge in [0.05, 0.1) is 17.4 Å². The number of carbonyl (C=O) groups is 1. The molecule has 2 aromatic rings. The van der Waals surface area contributed by atoms with Gasteiger partial charge in [-0.25, -0.2) is 4.98 Å². The lowest BCUT2D eigenvalue weighted by atomic mass is 10.4. The van der Waals surface area contributed by atoms with E-state index in [2.05, 4.69) is 10.7 Å². The Bertz CT molecular complexity index is 493. The van der Waals surface area contributed by atoms with Crippen molar-refractivity contribution in [1.82, 2.24) is 9.38 Å². The maximum atomic E-state index is 10.5. The number of pyridine rings is 1. The summed E-state index contributed by atoms with van der Waals surface area (Å²) in [7, 11) is 0. The molecule has 2 heterocycles. The molecule has 0 fully saturated rings.